The number of halogens is 1. The zero-order chi connectivity index (χ0) is 18.8. The standard InChI is InChI=1S/C21H25BrN4O/c1-13-3-4-17(5-14(13)2)24-18(27)20-7-15-6-16(8-20)10-21(9-15,11-20)26-12-23-19(22)25-26/h3-5,12,15-16H,6-11H2,1-2H3,(H,24,27)/t15-,16-,20?,21?/m0/s1. The highest BCUT2D eigenvalue weighted by Gasteiger charge is 2.61. The van der Waals surface area contributed by atoms with Gasteiger partial charge in [-0.2, -0.15) is 0 Å². The number of hydrogen-bond donors (Lipinski definition) is 1. The third-order valence-corrected chi connectivity index (χ3v) is 7.59. The molecule has 5 nitrogen and oxygen atoms in total. The van der Waals surface area contributed by atoms with Crippen LogP contribution in [0.25, 0.3) is 0 Å². The van der Waals surface area contributed by atoms with Gasteiger partial charge in [0.2, 0.25) is 10.6 Å². The second kappa shape index (κ2) is 5.90. The Morgan fingerprint density at radius 3 is 2.56 bits per heavy atom. The lowest BCUT2D eigenvalue weighted by atomic mass is 9.46. The van der Waals surface area contributed by atoms with Crippen molar-refractivity contribution in [1.82, 2.24) is 14.8 Å². The van der Waals surface area contributed by atoms with Gasteiger partial charge in [-0.1, -0.05) is 6.07 Å². The second-order valence-corrected chi connectivity index (χ2v) is 9.89. The van der Waals surface area contributed by atoms with Gasteiger partial charge in [-0.3, -0.25) is 4.79 Å². The van der Waals surface area contributed by atoms with Gasteiger partial charge in [0.25, 0.3) is 0 Å². The summed E-state index contributed by atoms with van der Waals surface area (Å²) in [4.78, 5) is 17.8. The Labute approximate surface area is 168 Å². The summed E-state index contributed by atoms with van der Waals surface area (Å²) in [7, 11) is 0. The molecule has 0 aliphatic heterocycles. The van der Waals surface area contributed by atoms with Crippen LogP contribution in [0, 0.1) is 31.1 Å². The predicted molar refractivity (Wildman–Crippen MR) is 107 cm³/mol. The molecule has 0 unspecified atom stereocenters. The van der Waals surface area contributed by atoms with Gasteiger partial charge in [0.05, 0.1) is 11.0 Å². The Kier molecular flexibility index (Phi) is 3.81. The van der Waals surface area contributed by atoms with E-state index in [1.807, 2.05) is 17.1 Å². The first-order valence-corrected chi connectivity index (χ1v) is 10.6. The van der Waals surface area contributed by atoms with E-state index in [1.165, 1.54) is 17.5 Å². The maximum atomic E-state index is 13.5. The average molecular weight is 429 g/mol. The Morgan fingerprint density at radius 2 is 1.93 bits per heavy atom. The van der Waals surface area contributed by atoms with E-state index in [0.29, 0.717) is 16.6 Å². The van der Waals surface area contributed by atoms with Crippen LogP contribution in [0.1, 0.15) is 49.7 Å². The molecule has 4 saturated carbocycles. The number of nitrogens with one attached hydrogen (secondary N) is 1. The van der Waals surface area contributed by atoms with Crippen LogP contribution < -0.4 is 5.32 Å². The molecule has 0 radical (unpaired) electrons. The van der Waals surface area contributed by atoms with Crippen LogP contribution in [-0.2, 0) is 10.3 Å². The summed E-state index contributed by atoms with van der Waals surface area (Å²) >= 11 is 3.39. The molecule has 1 aromatic heterocycles. The van der Waals surface area contributed by atoms with Crippen LogP contribution in [0.2, 0.25) is 0 Å². The fourth-order valence-electron chi connectivity index (χ4n) is 6.30. The third kappa shape index (κ3) is 2.75. The van der Waals surface area contributed by atoms with Gasteiger partial charge in [-0.25, -0.2) is 9.67 Å². The van der Waals surface area contributed by atoms with Crippen molar-refractivity contribution < 1.29 is 4.79 Å². The Morgan fingerprint density at radius 1 is 1.19 bits per heavy atom. The molecule has 0 spiro atoms. The van der Waals surface area contributed by atoms with Gasteiger partial charge in [-0.05, 0) is 103 Å². The topological polar surface area (TPSA) is 59.8 Å². The summed E-state index contributed by atoms with van der Waals surface area (Å²) in [5, 5.41) is 7.83. The molecule has 4 fully saturated rings. The van der Waals surface area contributed by atoms with E-state index in [9.17, 15) is 4.79 Å². The van der Waals surface area contributed by atoms with Crippen molar-refractivity contribution in [2.45, 2.75) is 57.9 Å². The minimum absolute atomic E-state index is 0.0519. The van der Waals surface area contributed by atoms with Crippen molar-refractivity contribution in [3.05, 3.63) is 40.4 Å². The minimum Gasteiger partial charge on any atom is -0.326 e. The monoisotopic (exact) mass is 428 g/mol. The fourth-order valence-corrected chi connectivity index (χ4v) is 6.56. The number of carbonyl (C=O) groups is 1. The Hall–Kier alpha value is -1.69. The first kappa shape index (κ1) is 17.4. The van der Waals surface area contributed by atoms with Crippen LogP contribution >= 0.6 is 15.9 Å². The lowest BCUT2D eigenvalue weighted by Crippen LogP contribution is -2.60. The highest BCUT2D eigenvalue weighted by Crippen LogP contribution is 2.64. The van der Waals surface area contributed by atoms with E-state index in [1.54, 1.807) is 0 Å². The number of carbonyl (C=O) groups excluding carboxylic acids is 1. The van der Waals surface area contributed by atoms with E-state index >= 15 is 0 Å². The van der Waals surface area contributed by atoms with Crippen LogP contribution in [0.3, 0.4) is 0 Å². The van der Waals surface area contributed by atoms with Crippen molar-refractivity contribution in [3.63, 3.8) is 0 Å². The van der Waals surface area contributed by atoms with Gasteiger partial charge in [0, 0.05) is 5.69 Å². The number of rotatable bonds is 3. The van der Waals surface area contributed by atoms with E-state index in [-0.39, 0.29) is 16.9 Å². The molecule has 2 atom stereocenters. The normalized spacial score (nSPS) is 34.0. The molecule has 6 heteroatoms. The molecular formula is C21H25BrN4O. The molecule has 1 N–H and O–H groups in total. The maximum absolute atomic E-state index is 13.5. The highest BCUT2D eigenvalue weighted by atomic mass is 79.9. The third-order valence-electron chi connectivity index (χ3n) is 7.23. The van der Waals surface area contributed by atoms with Crippen molar-refractivity contribution in [2.24, 2.45) is 17.3 Å². The number of hydrogen-bond acceptors (Lipinski definition) is 3. The van der Waals surface area contributed by atoms with Crippen molar-refractivity contribution >= 4 is 27.5 Å². The van der Waals surface area contributed by atoms with Crippen LogP contribution in [0.4, 0.5) is 5.69 Å². The first-order chi connectivity index (χ1) is 12.9. The van der Waals surface area contributed by atoms with Crippen LogP contribution in [0.5, 0.6) is 0 Å². The number of anilines is 1. The molecule has 4 aliphatic rings. The molecular weight excluding hydrogens is 404 g/mol. The Balaban J connectivity index is 1.46. The van der Waals surface area contributed by atoms with E-state index in [4.69, 9.17) is 0 Å². The van der Waals surface area contributed by atoms with Crippen molar-refractivity contribution in [3.8, 4) is 0 Å². The summed E-state index contributed by atoms with van der Waals surface area (Å²) in [6, 6.07) is 6.18. The smallest absolute Gasteiger partial charge is 0.230 e. The SMILES string of the molecule is Cc1ccc(NC(=O)C23C[C@@H]4C[C@@H](C2)CC(n2cnc(Br)n2)(C4)C3)cc1C. The molecule has 1 aromatic carbocycles. The van der Waals surface area contributed by atoms with Gasteiger partial charge in [0.15, 0.2) is 0 Å². The van der Waals surface area contributed by atoms with Crippen LogP contribution in [-0.4, -0.2) is 20.7 Å². The molecule has 142 valence electrons. The zero-order valence-corrected chi connectivity index (χ0v) is 17.4. The average Bonchev–Trinajstić information content (AvgIpc) is 3.04. The lowest BCUT2D eigenvalue weighted by Gasteiger charge is -2.60. The number of aryl methyl sites for hydroxylation is 2. The maximum Gasteiger partial charge on any atom is 0.230 e. The van der Waals surface area contributed by atoms with Crippen LogP contribution in [0.15, 0.2) is 29.3 Å². The van der Waals surface area contributed by atoms with Gasteiger partial charge in [-0.15, -0.1) is 5.10 Å². The number of nitrogens with zero attached hydrogens (tertiary/aromatic N) is 3. The number of aromatic nitrogens is 3. The first-order valence-electron chi connectivity index (χ1n) is 9.84. The summed E-state index contributed by atoms with van der Waals surface area (Å²) in [6.45, 7) is 4.19. The largest absolute Gasteiger partial charge is 0.326 e. The lowest BCUT2D eigenvalue weighted by molar-refractivity contribution is -0.150. The molecule has 4 bridgehead atoms. The molecule has 1 heterocycles. The second-order valence-electron chi connectivity index (χ2n) is 9.18. The van der Waals surface area contributed by atoms with E-state index in [0.717, 1.165) is 37.8 Å². The zero-order valence-electron chi connectivity index (χ0n) is 15.8. The molecule has 1 amide bonds. The molecule has 2 aromatic rings. The van der Waals surface area contributed by atoms with E-state index < -0.39 is 0 Å². The Bertz CT molecular complexity index is 907. The minimum atomic E-state index is -0.276. The van der Waals surface area contributed by atoms with E-state index in [2.05, 4.69) is 57.3 Å². The summed E-state index contributed by atoms with van der Waals surface area (Å²) < 4.78 is 2.68. The molecule has 6 rings (SSSR count). The molecule has 4 aliphatic carbocycles. The number of benzene rings is 1. The number of amides is 1. The molecule has 27 heavy (non-hydrogen) atoms. The van der Waals surface area contributed by atoms with Gasteiger partial charge < -0.3 is 5.32 Å². The van der Waals surface area contributed by atoms with Gasteiger partial charge in [0.1, 0.15) is 6.33 Å². The summed E-state index contributed by atoms with van der Waals surface area (Å²) in [6.07, 6.45) is 8.24. The van der Waals surface area contributed by atoms with Crippen molar-refractivity contribution in [1.29, 1.82) is 0 Å². The van der Waals surface area contributed by atoms with Crippen molar-refractivity contribution in [2.75, 3.05) is 5.32 Å². The highest BCUT2D eigenvalue weighted by molar-refractivity contribution is 9.10. The quantitative estimate of drug-likeness (QED) is 0.777. The summed E-state index contributed by atoms with van der Waals surface area (Å²) in [5.41, 5.74) is 3.04. The van der Waals surface area contributed by atoms with Gasteiger partial charge >= 0.3 is 0 Å². The summed E-state index contributed by atoms with van der Waals surface area (Å²) in [5.74, 6) is 1.42. The fraction of sp³-hybridized carbons (Fsp3) is 0.571. The predicted octanol–water partition coefficient (Wildman–Crippen LogP) is 4.59. The molecule has 0 saturated heterocycles.